The Balaban J connectivity index is 2.72. The number of anilines is 1. The van der Waals surface area contributed by atoms with Gasteiger partial charge in [-0.05, 0) is 28.3 Å². The van der Waals surface area contributed by atoms with Gasteiger partial charge in [-0.2, -0.15) is 11.8 Å². The summed E-state index contributed by atoms with van der Waals surface area (Å²) in [6.07, 6.45) is 1.97. The maximum absolute atomic E-state index is 13.1. The van der Waals surface area contributed by atoms with Crippen molar-refractivity contribution < 1.29 is 8.78 Å². The lowest BCUT2D eigenvalue weighted by atomic mass is 10.3. The molecule has 0 heterocycles. The lowest BCUT2D eigenvalue weighted by molar-refractivity contribution is 0.581. The van der Waals surface area contributed by atoms with Crippen LogP contribution < -0.4 is 5.32 Å². The number of thioether (sulfide) groups is 1. The van der Waals surface area contributed by atoms with Crippen molar-refractivity contribution in [2.75, 3.05) is 23.9 Å². The van der Waals surface area contributed by atoms with E-state index in [1.54, 1.807) is 11.8 Å². The number of nitrogens with one attached hydrogen (secondary N) is 1. The van der Waals surface area contributed by atoms with E-state index in [0.29, 0.717) is 12.2 Å². The van der Waals surface area contributed by atoms with E-state index >= 15 is 0 Å². The molecule has 1 N–H and O–H groups in total. The molecule has 0 spiro atoms. The Kier molecular flexibility index (Phi) is 4.68. The highest BCUT2D eigenvalue weighted by atomic mass is 79.9. The van der Waals surface area contributed by atoms with E-state index in [0.717, 1.165) is 11.8 Å². The molecule has 0 amide bonds. The van der Waals surface area contributed by atoms with E-state index < -0.39 is 11.6 Å². The van der Waals surface area contributed by atoms with Gasteiger partial charge in [-0.1, -0.05) is 0 Å². The molecule has 0 aromatic heterocycles. The number of rotatable bonds is 4. The molecule has 0 fully saturated rings. The highest BCUT2D eigenvalue weighted by Crippen LogP contribution is 2.23. The molecular formula is C9H10BrF2NS. The van der Waals surface area contributed by atoms with E-state index in [1.165, 1.54) is 6.07 Å². The second kappa shape index (κ2) is 5.56. The third kappa shape index (κ3) is 3.13. The predicted molar refractivity (Wildman–Crippen MR) is 60.9 cm³/mol. The van der Waals surface area contributed by atoms with Gasteiger partial charge in [-0.25, -0.2) is 8.78 Å². The summed E-state index contributed by atoms with van der Waals surface area (Å²) in [7, 11) is 0. The summed E-state index contributed by atoms with van der Waals surface area (Å²) in [5, 5.41) is 2.89. The van der Waals surface area contributed by atoms with Gasteiger partial charge in [0, 0.05) is 18.4 Å². The van der Waals surface area contributed by atoms with Crippen LogP contribution in [0.4, 0.5) is 14.5 Å². The third-order valence-electron chi connectivity index (χ3n) is 1.63. The molecule has 14 heavy (non-hydrogen) atoms. The van der Waals surface area contributed by atoms with Gasteiger partial charge in [0.05, 0.1) is 10.2 Å². The highest BCUT2D eigenvalue weighted by molar-refractivity contribution is 9.10. The zero-order valence-corrected chi connectivity index (χ0v) is 10.0. The monoisotopic (exact) mass is 281 g/mol. The van der Waals surface area contributed by atoms with Crippen molar-refractivity contribution >= 4 is 33.4 Å². The minimum atomic E-state index is -0.585. The summed E-state index contributed by atoms with van der Waals surface area (Å²) < 4.78 is 26.2. The van der Waals surface area contributed by atoms with Crippen LogP contribution in [0.3, 0.4) is 0 Å². The molecule has 1 aromatic carbocycles. The minimum Gasteiger partial charge on any atom is -0.382 e. The van der Waals surface area contributed by atoms with Gasteiger partial charge in [-0.3, -0.25) is 0 Å². The fourth-order valence-electron chi connectivity index (χ4n) is 0.946. The van der Waals surface area contributed by atoms with Crippen LogP contribution in [0.15, 0.2) is 16.6 Å². The summed E-state index contributed by atoms with van der Waals surface area (Å²) >= 11 is 4.67. The van der Waals surface area contributed by atoms with Crippen molar-refractivity contribution in [3.05, 3.63) is 28.2 Å². The van der Waals surface area contributed by atoms with E-state index in [2.05, 4.69) is 21.2 Å². The van der Waals surface area contributed by atoms with Crippen LogP contribution in [0.5, 0.6) is 0 Å². The molecule has 5 heteroatoms. The molecule has 0 saturated heterocycles. The first-order chi connectivity index (χ1) is 6.65. The lowest BCUT2D eigenvalue weighted by Gasteiger charge is -2.07. The second-order valence-electron chi connectivity index (χ2n) is 2.67. The minimum absolute atomic E-state index is 0.269. The number of hydrogen-bond acceptors (Lipinski definition) is 2. The molecule has 0 aliphatic heterocycles. The standard InChI is InChI=1S/C9H10BrF2NS/c1-14-3-2-13-9-4-6(10)7(11)5-8(9)12/h4-5,13H,2-3H2,1H3. The topological polar surface area (TPSA) is 12.0 Å². The van der Waals surface area contributed by atoms with E-state index in [-0.39, 0.29) is 4.47 Å². The van der Waals surface area contributed by atoms with Crippen molar-refractivity contribution in [2.24, 2.45) is 0 Å². The van der Waals surface area contributed by atoms with Gasteiger partial charge >= 0.3 is 0 Å². The van der Waals surface area contributed by atoms with Crippen LogP contribution in [0, 0.1) is 11.6 Å². The first-order valence-electron chi connectivity index (χ1n) is 4.02. The summed E-state index contributed by atoms with van der Waals surface area (Å²) in [5.41, 5.74) is 0.326. The van der Waals surface area contributed by atoms with E-state index in [1.807, 2.05) is 6.26 Å². The quantitative estimate of drug-likeness (QED) is 0.670. The number of hydrogen-bond donors (Lipinski definition) is 1. The molecule has 1 aromatic rings. The Morgan fingerprint density at radius 1 is 1.36 bits per heavy atom. The average molecular weight is 282 g/mol. The molecule has 1 rings (SSSR count). The van der Waals surface area contributed by atoms with Gasteiger partial charge in [-0.15, -0.1) is 0 Å². The van der Waals surface area contributed by atoms with Crippen molar-refractivity contribution in [1.29, 1.82) is 0 Å². The fourth-order valence-corrected chi connectivity index (χ4v) is 1.60. The predicted octanol–water partition coefficient (Wildman–Crippen LogP) is 3.50. The van der Waals surface area contributed by atoms with Crippen LogP contribution in [0.2, 0.25) is 0 Å². The largest absolute Gasteiger partial charge is 0.382 e. The SMILES string of the molecule is CSCCNc1cc(Br)c(F)cc1F. The number of halogens is 3. The van der Waals surface area contributed by atoms with Gasteiger partial charge < -0.3 is 5.32 Å². The van der Waals surface area contributed by atoms with Gasteiger partial charge in [0.2, 0.25) is 0 Å². The Morgan fingerprint density at radius 3 is 2.71 bits per heavy atom. The molecule has 0 bridgehead atoms. The van der Waals surface area contributed by atoms with E-state index in [9.17, 15) is 8.78 Å². The van der Waals surface area contributed by atoms with Crippen molar-refractivity contribution in [2.45, 2.75) is 0 Å². The fraction of sp³-hybridized carbons (Fsp3) is 0.333. The van der Waals surface area contributed by atoms with Gasteiger partial charge in [0.25, 0.3) is 0 Å². The first-order valence-corrected chi connectivity index (χ1v) is 6.21. The van der Waals surface area contributed by atoms with Crippen molar-refractivity contribution in [1.82, 2.24) is 0 Å². The smallest absolute Gasteiger partial charge is 0.149 e. The molecule has 78 valence electrons. The Hall–Kier alpha value is -0.290. The molecule has 1 nitrogen and oxygen atoms in total. The van der Waals surface area contributed by atoms with Gasteiger partial charge in [0.1, 0.15) is 11.6 Å². The van der Waals surface area contributed by atoms with Crippen LogP contribution in [0.1, 0.15) is 0 Å². The zero-order chi connectivity index (χ0) is 10.6. The Labute approximate surface area is 94.4 Å². The average Bonchev–Trinajstić information content (AvgIpc) is 2.14. The highest BCUT2D eigenvalue weighted by Gasteiger charge is 2.06. The second-order valence-corrected chi connectivity index (χ2v) is 4.51. The van der Waals surface area contributed by atoms with E-state index in [4.69, 9.17) is 0 Å². The molecule has 0 saturated carbocycles. The van der Waals surface area contributed by atoms with Crippen LogP contribution in [0.25, 0.3) is 0 Å². The molecule has 0 aliphatic carbocycles. The summed E-state index contributed by atoms with van der Waals surface area (Å²) in [5.74, 6) is -0.265. The maximum Gasteiger partial charge on any atom is 0.149 e. The molecule has 0 radical (unpaired) electrons. The summed E-state index contributed by atoms with van der Waals surface area (Å²) in [6.45, 7) is 0.663. The maximum atomic E-state index is 13.1. The molecule has 0 unspecified atom stereocenters. The lowest BCUT2D eigenvalue weighted by Crippen LogP contribution is -2.05. The van der Waals surface area contributed by atoms with Crippen molar-refractivity contribution in [3.63, 3.8) is 0 Å². The first kappa shape index (κ1) is 11.8. The molecular weight excluding hydrogens is 272 g/mol. The normalized spacial score (nSPS) is 10.3. The summed E-state index contributed by atoms with van der Waals surface area (Å²) in [4.78, 5) is 0. The zero-order valence-electron chi connectivity index (χ0n) is 7.61. The third-order valence-corrected chi connectivity index (χ3v) is 2.85. The van der Waals surface area contributed by atoms with Crippen LogP contribution in [-0.4, -0.2) is 18.6 Å². The van der Waals surface area contributed by atoms with Crippen molar-refractivity contribution in [3.8, 4) is 0 Å². The molecule has 0 atom stereocenters. The Morgan fingerprint density at radius 2 is 2.07 bits per heavy atom. The number of benzene rings is 1. The molecule has 0 aliphatic rings. The summed E-state index contributed by atoms with van der Waals surface area (Å²) in [6, 6.07) is 2.27. The van der Waals surface area contributed by atoms with Crippen LogP contribution >= 0.6 is 27.7 Å². The van der Waals surface area contributed by atoms with Gasteiger partial charge in [0.15, 0.2) is 0 Å². The Bertz CT molecular complexity index is 320. The van der Waals surface area contributed by atoms with Crippen LogP contribution in [-0.2, 0) is 0 Å².